The Morgan fingerprint density at radius 1 is 1.13 bits per heavy atom. The van der Waals surface area contributed by atoms with Crippen LogP contribution in [0, 0.1) is 30.6 Å². The first-order valence-electron chi connectivity index (χ1n) is 13.6. The second kappa shape index (κ2) is 12.7. The smallest absolute Gasteiger partial charge is 0.248 e. The highest BCUT2D eigenvalue weighted by atomic mass is 127. The molecule has 1 aliphatic heterocycles. The largest absolute Gasteiger partial charge is 0.428 e. The normalized spacial score (nSPS) is 23.8. The quantitative estimate of drug-likeness (QED) is 0.239. The molecule has 1 saturated carbocycles. The number of ether oxygens (including phenoxy) is 1. The maximum Gasteiger partial charge on any atom is 0.248 e. The second-order valence-electron chi connectivity index (χ2n) is 12.1. The second-order valence-corrected chi connectivity index (χ2v) is 14.5. The highest BCUT2D eigenvalue weighted by molar-refractivity contribution is 14.1. The lowest BCUT2D eigenvalue weighted by molar-refractivity contribution is -0.136. The van der Waals surface area contributed by atoms with Crippen LogP contribution in [-0.2, 0) is 19.6 Å². The van der Waals surface area contributed by atoms with Gasteiger partial charge in [-0.2, -0.15) is 4.31 Å². The van der Waals surface area contributed by atoms with Crippen molar-refractivity contribution in [1.29, 1.82) is 0 Å². The van der Waals surface area contributed by atoms with Crippen LogP contribution in [0.1, 0.15) is 57.6 Å². The molecule has 1 aliphatic carbocycles. The Kier molecular flexibility index (Phi) is 10.6. The first-order chi connectivity index (χ1) is 17.7. The zero-order valence-corrected chi connectivity index (χ0v) is 27.2. The molecule has 0 aromatic heterocycles. The lowest BCUT2D eigenvalue weighted by atomic mass is 9.65. The fourth-order valence-electron chi connectivity index (χ4n) is 6.24. The van der Waals surface area contributed by atoms with E-state index in [1.807, 2.05) is 7.05 Å². The molecule has 1 aromatic carbocycles. The van der Waals surface area contributed by atoms with Gasteiger partial charge in [0, 0.05) is 33.7 Å². The summed E-state index contributed by atoms with van der Waals surface area (Å²) in [5, 5.41) is 0. The molecule has 10 heteroatoms. The fourth-order valence-corrected chi connectivity index (χ4v) is 8.05. The Hall–Kier alpha value is -0.950. The Morgan fingerprint density at radius 2 is 1.74 bits per heavy atom. The number of hydrogen-bond donors (Lipinski definition) is 0. The summed E-state index contributed by atoms with van der Waals surface area (Å²) in [5.74, 6) is 0.988. The van der Waals surface area contributed by atoms with E-state index < -0.39 is 10.0 Å². The number of nitrogens with zero attached hydrogens (tertiary/aromatic N) is 3. The molecule has 0 spiro atoms. The van der Waals surface area contributed by atoms with Crippen molar-refractivity contribution in [2.45, 2.75) is 65.2 Å². The third-order valence-electron chi connectivity index (χ3n) is 9.28. The number of aryl methyl sites for hydroxylation is 2. The van der Waals surface area contributed by atoms with E-state index in [9.17, 15) is 13.2 Å². The SMILES string of the molecule is Cc1cc(OI)cc(C)c1S(=O)(=O)N(C)CCOCC(=O)N(C)C[C@H]1CC[C@@](C)(CN2CCCC2)C1(C)C. The van der Waals surface area contributed by atoms with E-state index in [4.69, 9.17) is 7.80 Å². The molecule has 2 aliphatic rings. The Labute approximate surface area is 244 Å². The molecule has 2 fully saturated rings. The number of benzene rings is 1. The van der Waals surface area contributed by atoms with Gasteiger partial charge in [0.1, 0.15) is 12.4 Å². The van der Waals surface area contributed by atoms with Crippen LogP contribution >= 0.6 is 23.0 Å². The van der Waals surface area contributed by atoms with Crippen molar-refractivity contribution in [2.75, 3.05) is 60.0 Å². The topological polar surface area (TPSA) is 79.4 Å². The standard InChI is InChI=1S/C28H46IN3O5S/c1-21-16-24(37-29)17-22(2)26(21)38(34,35)31(7)14-15-36-19-25(33)30(6)18-23-10-11-28(5,27(23,3)4)20-32-12-8-9-13-32/h16-17,23H,8-15,18-20H2,1-7H3/t23-,28+/m1/s1. The molecule has 0 radical (unpaired) electrons. The molecule has 0 N–H and O–H groups in total. The number of carbonyl (C=O) groups excluding carboxylic acids is 1. The molecule has 0 unspecified atom stereocenters. The molecule has 1 amide bonds. The van der Waals surface area contributed by atoms with Gasteiger partial charge >= 0.3 is 0 Å². The minimum atomic E-state index is -3.69. The Morgan fingerprint density at radius 3 is 2.32 bits per heavy atom. The Balaban J connectivity index is 1.48. The molecule has 38 heavy (non-hydrogen) atoms. The number of sulfonamides is 1. The highest BCUT2D eigenvalue weighted by Crippen LogP contribution is 2.56. The summed E-state index contributed by atoms with van der Waals surface area (Å²) in [5.41, 5.74) is 1.65. The summed E-state index contributed by atoms with van der Waals surface area (Å²) in [4.78, 5) is 17.5. The summed E-state index contributed by atoms with van der Waals surface area (Å²) in [6, 6.07) is 3.43. The summed E-state index contributed by atoms with van der Waals surface area (Å²) in [6.45, 7) is 15.2. The average molecular weight is 664 g/mol. The van der Waals surface area contributed by atoms with E-state index in [1.54, 1.807) is 53.9 Å². The molecule has 1 saturated heterocycles. The third kappa shape index (κ3) is 6.85. The van der Waals surface area contributed by atoms with Gasteiger partial charge in [-0.15, -0.1) is 0 Å². The van der Waals surface area contributed by atoms with Gasteiger partial charge in [-0.25, -0.2) is 8.42 Å². The maximum atomic E-state index is 13.2. The fraction of sp³-hybridized carbons (Fsp3) is 0.750. The lowest BCUT2D eigenvalue weighted by Gasteiger charge is -2.44. The van der Waals surface area contributed by atoms with Crippen molar-refractivity contribution in [1.82, 2.24) is 14.1 Å². The number of amides is 1. The van der Waals surface area contributed by atoms with Gasteiger partial charge in [0.15, 0.2) is 23.0 Å². The van der Waals surface area contributed by atoms with Crippen LogP contribution in [0.2, 0.25) is 0 Å². The van der Waals surface area contributed by atoms with Gasteiger partial charge in [-0.05, 0) is 92.6 Å². The number of halogens is 1. The van der Waals surface area contributed by atoms with Crippen molar-refractivity contribution < 1.29 is 21.0 Å². The summed E-state index contributed by atoms with van der Waals surface area (Å²) < 4.78 is 38.5. The molecular weight excluding hydrogens is 617 g/mol. The van der Waals surface area contributed by atoms with Gasteiger partial charge in [-0.3, -0.25) is 4.79 Å². The average Bonchev–Trinajstić information content (AvgIpc) is 3.42. The van der Waals surface area contributed by atoms with Crippen LogP contribution in [-0.4, -0.2) is 88.5 Å². The van der Waals surface area contributed by atoms with Gasteiger partial charge in [0.05, 0.1) is 11.5 Å². The number of likely N-dealkylation sites (N-methyl/N-ethyl adjacent to an activating group) is 2. The number of likely N-dealkylation sites (tertiary alicyclic amines) is 1. The molecular formula is C28H46IN3O5S. The number of hydrogen-bond acceptors (Lipinski definition) is 6. The lowest BCUT2D eigenvalue weighted by Crippen LogP contribution is -2.46. The van der Waals surface area contributed by atoms with Crippen molar-refractivity contribution >= 4 is 38.9 Å². The van der Waals surface area contributed by atoms with Crippen molar-refractivity contribution in [3.05, 3.63) is 23.3 Å². The summed E-state index contributed by atoms with van der Waals surface area (Å²) >= 11 is 1.78. The van der Waals surface area contributed by atoms with E-state index in [0.29, 0.717) is 29.3 Å². The third-order valence-corrected chi connectivity index (χ3v) is 12.0. The van der Waals surface area contributed by atoms with Crippen LogP contribution in [0.4, 0.5) is 0 Å². The predicted molar refractivity (Wildman–Crippen MR) is 159 cm³/mol. The Bertz CT molecular complexity index is 1070. The number of rotatable bonds is 12. The molecule has 3 rings (SSSR count). The molecule has 2 atom stereocenters. The highest BCUT2D eigenvalue weighted by Gasteiger charge is 2.52. The van der Waals surface area contributed by atoms with Crippen LogP contribution in [0.15, 0.2) is 17.0 Å². The number of carbonyl (C=O) groups is 1. The van der Waals surface area contributed by atoms with Gasteiger partial charge in [0.25, 0.3) is 0 Å². The van der Waals surface area contributed by atoms with Crippen molar-refractivity contribution in [3.63, 3.8) is 0 Å². The molecule has 216 valence electrons. The van der Waals surface area contributed by atoms with Crippen LogP contribution in [0.5, 0.6) is 5.75 Å². The van der Waals surface area contributed by atoms with E-state index in [-0.39, 0.29) is 41.4 Å². The van der Waals surface area contributed by atoms with Crippen molar-refractivity contribution in [3.8, 4) is 5.75 Å². The minimum Gasteiger partial charge on any atom is -0.428 e. The van der Waals surface area contributed by atoms with Crippen LogP contribution in [0.3, 0.4) is 0 Å². The summed E-state index contributed by atoms with van der Waals surface area (Å²) in [6.07, 6.45) is 4.92. The maximum absolute atomic E-state index is 13.2. The van der Waals surface area contributed by atoms with Crippen LogP contribution < -0.4 is 3.07 Å². The van der Waals surface area contributed by atoms with Gasteiger partial charge in [-0.1, -0.05) is 20.8 Å². The zero-order valence-electron chi connectivity index (χ0n) is 24.2. The molecule has 1 heterocycles. The first-order valence-corrected chi connectivity index (χ1v) is 16.0. The van der Waals surface area contributed by atoms with Gasteiger partial charge in [0.2, 0.25) is 15.9 Å². The molecule has 0 bridgehead atoms. The van der Waals surface area contributed by atoms with Crippen molar-refractivity contribution in [2.24, 2.45) is 16.7 Å². The van der Waals surface area contributed by atoms with Gasteiger partial charge < -0.3 is 17.6 Å². The van der Waals surface area contributed by atoms with E-state index >= 15 is 0 Å². The van der Waals surface area contributed by atoms with E-state index in [2.05, 4.69) is 25.7 Å². The van der Waals surface area contributed by atoms with Crippen LogP contribution in [0.25, 0.3) is 0 Å². The molecule has 8 nitrogen and oxygen atoms in total. The first kappa shape index (κ1) is 31.6. The predicted octanol–water partition coefficient (Wildman–Crippen LogP) is 4.67. The summed E-state index contributed by atoms with van der Waals surface area (Å²) in [7, 11) is -0.307. The monoisotopic (exact) mass is 663 g/mol. The zero-order chi connectivity index (χ0) is 28.3. The van der Waals surface area contributed by atoms with E-state index in [0.717, 1.165) is 13.0 Å². The van der Waals surface area contributed by atoms with E-state index in [1.165, 1.54) is 43.7 Å². The molecule has 1 aromatic rings. The minimum absolute atomic E-state index is 0.0532.